The van der Waals surface area contributed by atoms with Crippen LogP contribution in [0.2, 0.25) is 0 Å². The van der Waals surface area contributed by atoms with Crippen LogP contribution in [0.15, 0.2) is 35.8 Å². The zero-order valence-corrected chi connectivity index (χ0v) is 19.9. The minimum Gasteiger partial charge on any atom is -0.369 e. The van der Waals surface area contributed by atoms with Crippen LogP contribution in [-0.2, 0) is 0 Å². The van der Waals surface area contributed by atoms with Crippen LogP contribution < -0.4 is 15.5 Å². The smallest absolute Gasteiger partial charge is 0.191 e. The van der Waals surface area contributed by atoms with E-state index in [2.05, 4.69) is 70.9 Å². The van der Waals surface area contributed by atoms with E-state index in [-0.39, 0.29) is 0 Å². The Kier molecular flexibility index (Phi) is 9.22. The van der Waals surface area contributed by atoms with Gasteiger partial charge >= 0.3 is 0 Å². The van der Waals surface area contributed by atoms with E-state index in [1.165, 1.54) is 29.7 Å². The predicted molar refractivity (Wildman–Crippen MR) is 133 cm³/mol. The molecule has 1 aromatic carbocycles. The lowest BCUT2D eigenvalue weighted by molar-refractivity contribution is 0.225. The van der Waals surface area contributed by atoms with E-state index in [4.69, 9.17) is 4.99 Å². The van der Waals surface area contributed by atoms with Crippen molar-refractivity contribution in [3.63, 3.8) is 0 Å². The van der Waals surface area contributed by atoms with E-state index in [9.17, 15) is 0 Å². The Balaban J connectivity index is 1.42. The van der Waals surface area contributed by atoms with Crippen molar-refractivity contribution in [1.82, 2.24) is 20.4 Å². The monoisotopic (exact) mass is 426 g/mol. The molecule has 0 spiro atoms. The lowest BCUT2D eigenvalue weighted by Gasteiger charge is -2.37. The molecule has 0 unspecified atom stereocenters. The molecule has 2 aliphatic heterocycles. The summed E-state index contributed by atoms with van der Waals surface area (Å²) in [5.41, 5.74) is 4.19. The maximum atomic E-state index is 4.87. The van der Waals surface area contributed by atoms with Gasteiger partial charge in [-0.2, -0.15) is 0 Å². The first-order valence-corrected chi connectivity index (χ1v) is 12.0. The van der Waals surface area contributed by atoms with Crippen molar-refractivity contribution in [2.45, 2.75) is 39.7 Å². The van der Waals surface area contributed by atoms with Gasteiger partial charge in [-0.1, -0.05) is 18.2 Å². The van der Waals surface area contributed by atoms with Crippen LogP contribution in [0.4, 0.5) is 5.69 Å². The van der Waals surface area contributed by atoms with Gasteiger partial charge in [0.05, 0.1) is 6.54 Å². The van der Waals surface area contributed by atoms with E-state index in [1.807, 2.05) is 6.08 Å². The van der Waals surface area contributed by atoms with E-state index in [0.29, 0.717) is 6.04 Å². The Bertz CT molecular complexity index is 715. The summed E-state index contributed by atoms with van der Waals surface area (Å²) in [6.45, 7) is 20.9. The summed E-state index contributed by atoms with van der Waals surface area (Å²) in [6, 6.07) is 7.16. The molecule has 172 valence electrons. The molecule has 0 radical (unpaired) electrons. The highest BCUT2D eigenvalue weighted by Gasteiger charge is 2.20. The predicted octanol–water partition coefficient (Wildman–Crippen LogP) is 2.63. The molecule has 2 aliphatic rings. The number of likely N-dealkylation sites (tertiary alicyclic amines) is 1. The fourth-order valence-electron chi connectivity index (χ4n) is 4.55. The number of rotatable bonds is 8. The number of aliphatic imine (C=N–C) groups is 1. The summed E-state index contributed by atoms with van der Waals surface area (Å²) in [7, 11) is 0. The van der Waals surface area contributed by atoms with Crippen LogP contribution in [0, 0.1) is 13.8 Å². The molecule has 2 heterocycles. The molecule has 6 heteroatoms. The second kappa shape index (κ2) is 12.1. The maximum absolute atomic E-state index is 4.87. The van der Waals surface area contributed by atoms with Crippen molar-refractivity contribution in [2.75, 3.05) is 70.3 Å². The molecule has 3 rings (SSSR count). The third-order valence-corrected chi connectivity index (χ3v) is 6.64. The van der Waals surface area contributed by atoms with Crippen molar-refractivity contribution < 1.29 is 0 Å². The molecule has 0 atom stereocenters. The molecule has 1 aromatic rings. The average Bonchev–Trinajstić information content (AvgIpc) is 2.78. The van der Waals surface area contributed by atoms with E-state index >= 15 is 0 Å². The third kappa shape index (κ3) is 6.97. The van der Waals surface area contributed by atoms with Crippen LogP contribution in [0.1, 0.15) is 30.9 Å². The Morgan fingerprint density at radius 3 is 2.52 bits per heavy atom. The lowest BCUT2D eigenvalue weighted by atomic mass is 10.1. The van der Waals surface area contributed by atoms with E-state index in [1.54, 1.807) is 0 Å². The highest BCUT2D eigenvalue weighted by molar-refractivity contribution is 5.80. The SMILES string of the molecule is C=CCN1CCC(NC(=NCCN2CCN(c3cccc(C)c3C)CC2)NCC)CC1. The quantitative estimate of drug-likeness (QED) is 0.380. The Morgan fingerprint density at radius 1 is 1.10 bits per heavy atom. The van der Waals surface area contributed by atoms with Crippen molar-refractivity contribution in [1.29, 1.82) is 0 Å². The molecular formula is C25H42N6. The van der Waals surface area contributed by atoms with Crippen LogP contribution in [0.5, 0.6) is 0 Å². The van der Waals surface area contributed by atoms with Crippen molar-refractivity contribution in [3.8, 4) is 0 Å². The number of anilines is 1. The lowest BCUT2D eigenvalue weighted by Crippen LogP contribution is -2.49. The van der Waals surface area contributed by atoms with Gasteiger partial charge in [-0.25, -0.2) is 0 Å². The van der Waals surface area contributed by atoms with Crippen molar-refractivity contribution in [2.24, 2.45) is 4.99 Å². The Morgan fingerprint density at radius 2 is 1.84 bits per heavy atom. The molecule has 2 N–H and O–H groups in total. The molecule has 31 heavy (non-hydrogen) atoms. The van der Waals surface area contributed by atoms with Crippen LogP contribution in [0.25, 0.3) is 0 Å². The number of nitrogens with zero attached hydrogens (tertiary/aromatic N) is 4. The first-order chi connectivity index (χ1) is 15.1. The molecule has 0 saturated carbocycles. The third-order valence-electron chi connectivity index (χ3n) is 6.64. The topological polar surface area (TPSA) is 46.1 Å². The standard InChI is InChI=1S/C25H42N6/c1-5-13-29-14-10-23(11-15-29)28-25(26-6-2)27-12-16-30-17-19-31(20-18-30)24-9-7-8-21(3)22(24)4/h5,7-9,23H,1,6,10-20H2,2-4H3,(H2,26,27,28). The minimum absolute atomic E-state index is 0.514. The molecule has 0 aromatic heterocycles. The van der Waals surface area contributed by atoms with E-state index in [0.717, 1.165) is 71.4 Å². The summed E-state index contributed by atoms with van der Waals surface area (Å²) in [6.07, 6.45) is 4.33. The molecule has 6 nitrogen and oxygen atoms in total. The molecule has 0 bridgehead atoms. The number of nitrogens with one attached hydrogen (secondary N) is 2. The summed E-state index contributed by atoms with van der Waals surface area (Å²) in [4.78, 5) is 12.4. The fourth-order valence-corrected chi connectivity index (χ4v) is 4.55. The highest BCUT2D eigenvalue weighted by atomic mass is 15.3. The largest absolute Gasteiger partial charge is 0.369 e. The number of aryl methyl sites for hydroxylation is 1. The summed E-state index contributed by atoms with van der Waals surface area (Å²) < 4.78 is 0. The molecule has 2 saturated heterocycles. The maximum Gasteiger partial charge on any atom is 0.191 e. The summed E-state index contributed by atoms with van der Waals surface area (Å²) >= 11 is 0. The summed E-state index contributed by atoms with van der Waals surface area (Å²) in [5, 5.41) is 7.08. The van der Waals surface area contributed by atoms with Crippen LogP contribution in [-0.4, -0.2) is 87.2 Å². The highest BCUT2D eigenvalue weighted by Crippen LogP contribution is 2.23. The van der Waals surface area contributed by atoms with Gasteiger partial charge in [0.15, 0.2) is 5.96 Å². The molecule has 0 aliphatic carbocycles. The zero-order valence-electron chi connectivity index (χ0n) is 19.9. The molecule has 0 amide bonds. The first-order valence-electron chi connectivity index (χ1n) is 12.0. The molecule has 2 fully saturated rings. The number of piperazine rings is 1. The molecular weight excluding hydrogens is 384 g/mol. The van der Waals surface area contributed by atoms with Gasteiger partial charge in [0.2, 0.25) is 0 Å². The van der Waals surface area contributed by atoms with Gasteiger partial charge in [0, 0.05) is 70.6 Å². The number of hydrogen-bond acceptors (Lipinski definition) is 4. The number of guanidine groups is 1. The fraction of sp³-hybridized carbons (Fsp3) is 0.640. The van der Waals surface area contributed by atoms with Crippen LogP contribution in [0.3, 0.4) is 0 Å². The first kappa shape index (κ1) is 23.6. The Hall–Kier alpha value is -2.05. The Labute approximate surface area is 189 Å². The van der Waals surface area contributed by atoms with Crippen molar-refractivity contribution in [3.05, 3.63) is 42.0 Å². The minimum atomic E-state index is 0.514. The number of benzene rings is 1. The second-order valence-electron chi connectivity index (χ2n) is 8.82. The van der Waals surface area contributed by atoms with E-state index < -0.39 is 0 Å². The number of piperidine rings is 1. The normalized spacial score (nSPS) is 19.5. The van der Waals surface area contributed by atoms with Gasteiger partial charge in [0.25, 0.3) is 0 Å². The van der Waals surface area contributed by atoms with Gasteiger partial charge in [-0.05, 0) is 50.8 Å². The zero-order chi connectivity index (χ0) is 22.1. The van der Waals surface area contributed by atoms with Gasteiger partial charge in [0.1, 0.15) is 0 Å². The van der Waals surface area contributed by atoms with Gasteiger partial charge in [-0.15, -0.1) is 6.58 Å². The van der Waals surface area contributed by atoms with Gasteiger partial charge in [-0.3, -0.25) is 14.8 Å². The number of hydrogen-bond donors (Lipinski definition) is 2. The van der Waals surface area contributed by atoms with Crippen molar-refractivity contribution >= 4 is 11.6 Å². The van der Waals surface area contributed by atoms with Crippen LogP contribution >= 0.6 is 0 Å². The second-order valence-corrected chi connectivity index (χ2v) is 8.82. The van der Waals surface area contributed by atoms with Gasteiger partial charge < -0.3 is 15.5 Å². The summed E-state index contributed by atoms with van der Waals surface area (Å²) in [5.74, 6) is 0.971. The average molecular weight is 427 g/mol.